The van der Waals surface area contributed by atoms with Crippen molar-refractivity contribution in [1.82, 2.24) is 0 Å². The van der Waals surface area contributed by atoms with Crippen LogP contribution in [-0.2, 0) is 14.6 Å². The number of anilines is 1. The number of rotatable bonds is 4. The monoisotopic (exact) mass is 317 g/mol. The van der Waals surface area contributed by atoms with Crippen molar-refractivity contribution >= 4 is 21.4 Å². The molecule has 0 atom stereocenters. The number of carbonyl (C=O) groups is 1. The number of sulfone groups is 1. The molecule has 0 aliphatic heterocycles. The molecule has 116 valence electrons. The average Bonchev–Trinajstić information content (AvgIpc) is 2.43. The molecule has 4 nitrogen and oxygen atoms in total. The van der Waals surface area contributed by atoms with Crippen LogP contribution >= 0.6 is 0 Å². The van der Waals surface area contributed by atoms with Crippen LogP contribution in [0.5, 0.6) is 0 Å². The van der Waals surface area contributed by atoms with Crippen molar-refractivity contribution in [3.8, 4) is 0 Å². The number of benzene rings is 2. The molecule has 0 aliphatic rings. The van der Waals surface area contributed by atoms with Crippen molar-refractivity contribution in [3.63, 3.8) is 0 Å². The molecule has 0 heterocycles. The van der Waals surface area contributed by atoms with Gasteiger partial charge in [0.25, 0.3) is 0 Å². The van der Waals surface area contributed by atoms with Crippen LogP contribution in [0.15, 0.2) is 47.4 Å². The maximum absolute atomic E-state index is 12.2. The third-order valence-electron chi connectivity index (χ3n) is 3.36. The van der Waals surface area contributed by atoms with E-state index in [1.54, 1.807) is 18.2 Å². The van der Waals surface area contributed by atoms with E-state index in [9.17, 15) is 13.2 Å². The Morgan fingerprint density at radius 3 is 2.09 bits per heavy atom. The summed E-state index contributed by atoms with van der Waals surface area (Å²) in [5.74, 6) is -1.09. The SMILES string of the molecule is Cc1cc(C)c(NC(=O)CS(=O)(=O)c2ccccc2)c(C)c1. The van der Waals surface area contributed by atoms with E-state index in [-0.39, 0.29) is 4.90 Å². The second-order valence-electron chi connectivity index (χ2n) is 5.39. The van der Waals surface area contributed by atoms with E-state index in [0.29, 0.717) is 5.69 Å². The topological polar surface area (TPSA) is 63.2 Å². The summed E-state index contributed by atoms with van der Waals surface area (Å²) in [5, 5.41) is 2.71. The summed E-state index contributed by atoms with van der Waals surface area (Å²) in [6.07, 6.45) is 0. The summed E-state index contributed by atoms with van der Waals surface area (Å²) in [5.41, 5.74) is 3.62. The molecule has 5 heteroatoms. The van der Waals surface area contributed by atoms with Gasteiger partial charge >= 0.3 is 0 Å². The Labute approximate surface area is 131 Å². The summed E-state index contributed by atoms with van der Waals surface area (Å²) >= 11 is 0. The second kappa shape index (κ2) is 6.32. The van der Waals surface area contributed by atoms with Crippen molar-refractivity contribution in [2.45, 2.75) is 25.7 Å². The van der Waals surface area contributed by atoms with E-state index in [1.165, 1.54) is 12.1 Å². The zero-order chi connectivity index (χ0) is 16.3. The zero-order valence-corrected chi connectivity index (χ0v) is 13.7. The molecule has 0 bridgehead atoms. The normalized spacial score (nSPS) is 11.2. The number of hydrogen-bond acceptors (Lipinski definition) is 3. The molecule has 22 heavy (non-hydrogen) atoms. The van der Waals surface area contributed by atoms with Crippen molar-refractivity contribution < 1.29 is 13.2 Å². The molecule has 0 aliphatic carbocycles. The van der Waals surface area contributed by atoms with Crippen LogP contribution in [0.4, 0.5) is 5.69 Å². The standard InChI is InChI=1S/C17H19NO3S/c1-12-9-13(2)17(14(3)10-12)18-16(19)11-22(20,21)15-7-5-4-6-8-15/h4-10H,11H2,1-3H3,(H,18,19). The molecule has 0 radical (unpaired) electrons. The van der Waals surface area contributed by atoms with Gasteiger partial charge in [0.15, 0.2) is 9.84 Å². The largest absolute Gasteiger partial charge is 0.325 e. The smallest absolute Gasteiger partial charge is 0.239 e. The van der Waals surface area contributed by atoms with Crippen LogP contribution in [0, 0.1) is 20.8 Å². The summed E-state index contributed by atoms with van der Waals surface area (Å²) in [4.78, 5) is 12.3. The van der Waals surface area contributed by atoms with E-state index in [2.05, 4.69) is 5.32 Å². The number of amides is 1. The molecule has 1 amide bonds. The van der Waals surface area contributed by atoms with Gasteiger partial charge in [0.2, 0.25) is 5.91 Å². The first-order valence-electron chi connectivity index (χ1n) is 6.95. The van der Waals surface area contributed by atoms with Gasteiger partial charge in [0.1, 0.15) is 5.75 Å². The lowest BCUT2D eigenvalue weighted by molar-refractivity contribution is -0.113. The minimum Gasteiger partial charge on any atom is -0.325 e. The highest BCUT2D eigenvalue weighted by atomic mass is 32.2. The predicted molar refractivity (Wildman–Crippen MR) is 87.8 cm³/mol. The lowest BCUT2D eigenvalue weighted by atomic mass is 10.1. The number of aryl methyl sites for hydroxylation is 3. The Morgan fingerprint density at radius 2 is 1.55 bits per heavy atom. The average molecular weight is 317 g/mol. The first kappa shape index (κ1) is 16.2. The van der Waals surface area contributed by atoms with Crippen LogP contribution in [0.25, 0.3) is 0 Å². The Balaban J connectivity index is 2.18. The molecule has 2 rings (SSSR count). The molecule has 0 unspecified atom stereocenters. The fourth-order valence-electron chi connectivity index (χ4n) is 2.44. The van der Waals surface area contributed by atoms with Gasteiger partial charge in [0.05, 0.1) is 4.90 Å². The van der Waals surface area contributed by atoms with Gasteiger partial charge in [-0.3, -0.25) is 4.79 Å². The highest BCUT2D eigenvalue weighted by Crippen LogP contribution is 2.22. The third kappa shape index (κ3) is 3.74. The Morgan fingerprint density at radius 1 is 1.00 bits per heavy atom. The minimum atomic E-state index is -3.63. The van der Waals surface area contributed by atoms with E-state index in [1.807, 2.05) is 32.9 Å². The van der Waals surface area contributed by atoms with Gasteiger partial charge in [0, 0.05) is 5.69 Å². The van der Waals surface area contributed by atoms with Crippen molar-refractivity contribution in [3.05, 3.63) is 59.2 Å². The van der Waals surface area contributed by atoms with Gasteiger partial charge < -0.3 is 5.32 Å². The molecule has 0 saturated carbocycles. The molecule has 1 N–H and O–H groups in total. The van der Waals surface area contributed by atoms with Crippen LogP contribution < -0.4 is 5.32 Å². The Kier molecular flexibility index (Phi) is 4.66. The van der Waals surface area contributed by atoms with Gasteiger partial charge in [-0.25, -0.2) is 8.42 Å². The third-order valence-corrected chi connectivity index (χ3v) is 5.00. The summed E-state index contributed by atoms with van der Waals surface area (Å²) < 4.78 is 24.4. The van der Waals surface area contributed by atoms with Crippen LogP contribution in [0.1, 0.15) is 16.7 Å². The molecule has 0 fully saturated rings. The van der Waals surface area contributed by atoms with E-state index >= 15 is 0 Å². The van der Waals surface area contributed by atoms with Gasteiger partial charge in [-0.05, 0) is 44.0 Å². The van der Waals surface area contributed by atoms with E-state index < -0.39 is 21.5 Å². The van der Waals surface area contributed by atoms with Crippen LogP contribution in [0.2, 0.25) is 0 Å². The highest BCUT2D eigenvalue weighted by Gasteiger charge is 2.20. The number of hydrogen-bond donors (Lipinski definition) is 1. The van der Waals surface area contributed by atoms with Gasteiger partial charge in [-0.15, -0.1) is 0 Å². The van der Waals surface area contributed by atoms with Crippen molar-refractivity contribution in [1.29, 1.82) is 0 Å². The number of carbonyl (C=O) groups excluding carboxylic acids is 1. The highest BCUT2D eigenvalue weighted by molar-refractivity contribution is 7.92. The minimum absolute atomic E-state index is 0.155. The van der Waals surface area contributed by atoms with Crippen molar-refractivity contribution in [2.24, 2.45) is 0 Å². The maximum Gasteiger partial charge on any atom is 0.239 e. The van der Waals surface area contributed by atoms with Gasteiger partial charge in [-0.1, -0.05) is 35.9 Å². The summed E-state index contributed by atoms with van der Waals surface area (Å²) in [7, 11) is -3.63. The molecular formula is C17H19NO3S. The fourth-order valence-corrected chi connectivity index (χ4v) is 3.59. The molecule has 2 aromatic rings. The van der Waals surface area contributed by atoms with E-state index in [4.69, 9.17) is 0 Å². The lowest BCUT2D eigenvalue weighted by Crippen LogP contribution is -2.23. The zero-order valence-electron chi connectivity index (χ0n) is 12.9. The second-order valence-corrected chi connectivity index (χ2v) is 7.38. The first-order valence-corrected chi connectivity index (χ1v) is 8.60. The predicted octanol–water partition coefficient (Wildman–Crippen LogP) is 3.02. The summed E-state index contributed by atoms with van der Waals surface area (Å²) in [6.45, 7) is 5.76. The molecule has 0 spiro atoms. The molecule has 2 aromatic carbocycles. The Bertz CT molecular complexity index is 773. The molecule has 0 aromatic heterocycles. The van der Waals surface area contributed by atoms with Crippen LogP contribution in [0.3, 0.4) is 0 Å². The van der Waals surface area contributed by atoms with E-state index in [0.717, 1.165) is 16.7 Å². The maximum atomic E-state index is 12.2. The van der Waals surface area contributed by atoms with Crippen molar-refractivity contribution in [2.75, 3.05) is 11.1 Å². The summed E-state index contributed by atoms with van der Waals surface area (Å²) in [6, 6.07) is 11.9. The number of nitrogens with one attached hydrogen (secondary N) is 1. The van der Waals surface area contributed by atoms with Gasteiger partial charge in [-0.2, -0.15) is 0 Å². The molecule has 0 saturated heterocycles. The quantitative estimate of drug-likeness (QED) is 0.943. The molecular weight excluding hydrogens is 298 g/mol. The first-order chi connectivity index (χ1) is 10.3. The van der Waals surface area contributed by atoms with Crippen LogP contribution in [-0.4, -0.2) is 20.1 Å². The lowest BCUT2D eigenvalue weighted by Gasteiger charge is -2.13. The fraction of sp³-hybridized carbons (Fsp3) is 0.235. The Hall–Kier alpha value is -2.14.